The molecule has 0 saturated heterocycles. The highest BCUT2D eigenvalue weighted by molar-refractivity contribution is 14.1. The number of aliphatic hydroxyl groups excluding tert-OH is 1. The van der Waals surface area contributed by atoms with Crippen molar-refractivity contribution in [3.63, 3.8) is 0 Å². The minimum atomic E-state index is -0.688. The SMILES string of the molecule is CC[C@@H]1CC=C(OC(O)I)CC1. The molecule has 0 aromatic carbocycles. The Kier molecular flexibility index (Phi) is 4.35. The standard InChI is InChI=1S/C9H15IO2/c1-2-7-3-5-8(6-4-7)12-9(10)11/h5,7,9,11H,2-4,6H2,1H3/t7-,9?/m1/s1. The van der Waals surface area contributed by atoms with E-state index in [2.05, 4.69) is 13.0 Å². The van der Waals surface area contributed by atoms with E-state index in [4.69, 9.17) is 9.84 Å². The summed E-state index contributed by atoms with van der Waals surface area (Å²) in [5.41, 5.74) is 0. The summed E-state index contributed by atoms with van der Waals surface area (Å²) in [6.45, 7) is 2.22. The third-order valence-electron chi connectivity index (χ3n) is 2.30. The van der Waals surface area contributed by atoms with Crippen LogP contribution < -0.4 is 0 Å². The number of ether oxygens (including phenoxy) is 1. The predicted molar refractivity (Wildman–Crippen MR) is 56.8 cm³/mol. The molecule has 1 unspecified atom stereocenters. The van der Waals surface area contributed by atoms with Crippen molar-refractivity contribution in [1.29, 1.82) is 0 Å². The summed E-state index contributed by atoms with van der Waals surface area (Å²) in [6.07, 6.45) is 6.65. The van der Waals surface area contributed by atoms with Gasteiger partial charge in [-0.25, -0.2) is 0 Å². The first-order chi connectivity index (χ1) is 5.72. The average Bonchev–Trinajstić information content (AvgIpc) is 2.05. The van der Waals surface area contributed by atoms with Crippen LogP contribution in [0.1, 0.15) is 32.6 Å². The number of hydrogen-bond acceptors (Lipinski definition) is 2. The predicted octanol–water partition coefficient (Wildman–Crippen LogP) is 2.81. The summed E-state index contributed by atoms with van der Waals surface area (Å²) in [6, 6.07) is 0. The Hall–Kier alpha value is 0.230. The van der Waals surface area contributed by atoms with Gasteiger partial charge in [0.1, 0.15) is 0 Å². The van der Waals surface area contributed by atoms with Crippen LogP contribution in [-0.4, -0.2) is 9.40 Å². The molecule has 0 aromatic rings. The number of aliphatic hydroxyl groups is 1. The molecular weight excluding hydrogens is 267 g/mol. The molecule has 70 valence electrons. The van der Waals surface area contributed by atoms with E-state index in [1.165, 1.54) is 12.8 Å². The van der Waals surface area contributed by atoms with Gasteiger partial charge < -0.3 is 9.84 Å². The highest BCUT2D eigenvalue weighted by atomic mass is 127. The number of hydrogen-bond donors (Lipinski definition) is 1. The lowest BCUT2D eigenvalue weighted by Gasteiger charge is -2.21. The van der Waals surface area contributed by atoms with Gasteiger partial charge in [-0.1, -0.05) is 13.3 Å². The van der Waals surface area contributed by atoms with Crippen molar-refractivity contribution < 1.29 is 9.84 Å². The van der Waals surface area contributed by atoms with Crippen LogP contribution in [0.15, 0.2) is 11.8 Å². The molecule has 3 heteroatoms. The van der Waals surface area contributed by atoms with Crippen LogP contribution in [0.2, 0.25) is 0 Å². The number of halogens is 1. The summed E-state index contributed by atoms with van der Waals surface area (Å²) < 4.78 is 4.50. The van der Waals surface area contributed by atoms with Crippen LogP contribution >= 0.6 is 22.6 Å². The maximum absolute atomic E-state index is 8.95. The third kappa shape index (κ3) is 3.31. The van der Waals surface area contributed by atoms with Crippen LogP contribution in [-0.2, 0) is 4.74 Å². The first-order valence-electron chi connectivity index (χ1n) is 4.40. The molecule has 0 aromatic heterocycles. The smallest absolute Gasteiger partial charge is 0.249 e. The van der Waals surface area contributed by atoms with Crippen LogP contribution in [0, 0.1) is 5.92 Å². The van der Waals surface area contributed by atoms with Gasteiger partial charge in [-0.3, -0.25) is 0 Å². The van der Waals surface area contributed by atoms with Gasteiger partial charge in [0.25, 0.3) is 0 Å². The second-order valence-corrected chi connectivity index (χ2v) is 4.19. The largest absolute Gasteiger partial charge is 0.461 e. The molecule has 12 heavy (non-hydrogen) atoms. The molecule has 0 saturated carbocycles. The van der Waals surface area contributed by atoms with Crippen LogP contribution in [0.25, 0.3) is 0 Å². The molecule has 0 fully saturated rings. The molecule has 0 aliphatic heterocycles. The van der Waals surface area contributed by atoms with E-state index in [0.29, 0.717) is 0 Å². The van der Waals surface area contributed by atoms with E-state index in [1.807, 2.05) is 22.6 Å². The van der Waals surface area contributed by atoms with Gasteiger partial charge in [-0.05, 0) is 47.4 Å². The molecule has 1 rings (SSSR count). The van der Waals surface area contributed by atoms with Crippen molar-refractivity contribution >= 4 is 22.6 Å². The quantitative estimate of drug-likeness (QED) is 0.490. The summed E-state index contributed by atoms with van der Waals surface area (Å²) >= 11 is 1.85. The Labute approximate surface area is 87.1 Å². The minimum Gasteiger partial charge on any atom is -0.461 e. The van der Waals surface area contributed by atoms with Gasteiger partial charge in [0.05, 0.1) is 5.76 Å². The molecule has 0 spiro atoms. The number of alkyl halides is 1. The molecule has 0 bridgehead atoms. The van der Waals surface area contributed by atoms with Crippen molar-refractivity contribution in [1.82, 2.24) is 0 Å². The number of allylic oxidation sites excluding steroid dienone is 2. The Balaban J connectivity index is 2.34. The molecule has 1 aliphatic carbocycles. The lowest BCUT2D eigenvalue weighted by atomic mass is 9.91. The fraction of sp³-hybridized carbons (Fsp3) is 0.778. The van der Waals surface area contributed by atoms with E-state index in [1.54, 1.807) is 0 Å². The highest BCUT2D eigenvalue weighted by Gasteiger charge is 2.14. The Morgan fingerprint density at radius 3 is 3.00 bits per heavy atom. The van der Waals surface area contributed by atoms with E-state index >= 15 is 0 Å². The molecule has 0 heterocycles. The van der Waals surface area contributed by atoms with Crippen LogP contribution in [0.3, 0.4) is 0 Å². The molecule has 1 N–H and O–H groups in total. The van der Waals surface area contributed by atoms with Crippen molar-refractivity contribution in [2.24, 2.45) is 5.92 Å². The van der Waals surface area contributed by atoms with Crippen molar-refractivity contribution in [3.05, 3.63) is 11.8 Å². The monoisotopic (exact) mass is 282 g/mol. The van der Waals surface area contributed by atoms with Crippen molar-refractivity contribution in [3.8, 4) is 0 Å². The topological polar surface area (TPSA) is 29.5 Å². The average molecular weight is 282 g/mol. The second kappa shape index (κ2) is 5.07. The first-order valence-corrected chi connectivity index (χ1v) is 5.64. The number of rotatable bonds is 3. The van der Waals surface area contributed by atoms with Gasteiger partial charge in [0.2, 0.25) is 4.30 Å². The summed E-state index contributed by atoms with van der Waals surface area (Å²) in [7, 11) is 0. The Morgan fingerprint density at radius 2 is 2.58 bits per heavy atom. The van der Waals surface area contributed by atoms with Gasteiger partial charge in [0, 0.05) is 6.42 Å². The molecule has 1 aliphatic rings. The summed E-state index contributed by atoms with van der Waals surface area (Å²) in [5.74, 6) is 1.78. The van der Waals surface area contributed by atoms with Crippen molar-refractivity contribution in [2.75, 3.05) is 0 Å². The highest BCUT2D eigenvalue weighted by Crippen LogP contribution is 2.27. The Bertz CT molecular complexity index is 166. The van der Waals surface area contributed by atoms with Crippen LogP contribution in [0.4, 0.5) is 0 Å². The molecular formula is C9H15IO2. The maximum atomic E-state index is 8.95. The van der Waals surface area contributed by atoms with Crippen LogP contribution in [0.5, 0.6) is 0 Å². The maximum Gasteiger partial charge on any atom is 0.249 e. The van der Waals surface area contributed by atoms with Crippen molar-refractivity contribution in [2.45, 2.75) is 36.9 Å². The molecule has 0 radical (unpaired) electrons. The lowest BCUT2D eigenvalue weighted by molar-refractivity contribution is 0.0158. The normalized spacial score (nSPS) is 26.2. The van der Waals surface area contributed by atoms with E-state index in [-0.39, 0.29) is 0 Å². The zero-order valence-electron chi connectivity index (χ0n) is 7.29. The summed E-state index contributed by atoms with van der Waals surface area (Å²) in [5, 5.41) is 8.95. The molecule has 0 amide bonds. The second-order valence-electron chi connectivity index (χ2n) is 3.13. The Morgan fingerprint density at radius 1 is 1.83 bits per heavy atom. The first kappa shape index (κ1) is 10.3. The molecule has 2 atom stereocenters. The van der Waals surface area contributed by atoms with Gasteiger partial charge in [-0.2, -0.15) is 0 Å². The van der Waals surface area contributed by atoms with Gasteiger partial charge >= 0.3 is 0 Å². The fourth-order valence-corrected chi connectivity index (χ4v) is 1.79. The zero-order chi connectivity index (χ0) is 8.97. The minimum absolute atomic E-state index is 0.688. The van der Waals surface area contributed by atoms with Gasteiger partial charge in [0.15, 0.2) is 0 Å². The van der Waals surface area contributed by atoms with E-state index < -0.39 is 4.30 Å². The fourth-order valence-electron chi connectivity index (χ4n) is 1.47. The summed E-state index contributed by atoms with van der Waals surface area (Å²) in [4.78, 5) is 0. The third-order valence-corrected chi connectivity index (χ3v) is 2.56. The van der Waals surface area contributed by atoms with Gasteiger partial charge in [-0.15, -0.1) is 0 Å². The van der Waals surface area contributed by atoms with E-state index in [9.17, 15) is 0 Å². The lowest BCUT2D eigenvalue weighted by Crippen LogP contribution is -2.09. The zero-order valence-corrected chi connectivity index (χ0v) is 9.45. The molecule has 2 nitrogen and oxygen atoms in total. The van der Waals surface area contributed by atoms with E-state index in [0.717, 1.165) is 24.5 Å².